The second-order valence-corrected chi connectivity index (χ2v) is 5.62. The van der Waals surface area contributed by atoms with E-state index in [2.05, 4.69) is 20.4 Å². The Morgan fingerprint density at radius 1 is 1.17 bits per heavy atom. The molecule has 0 saturated carbocycles. The Labute approximate surface area is 137 Å². The monoisotopic (exact) mass is 336 g/mol. The van der Waals surface area contributed by atoms with E-state index < -0.39 is 11.6 Å². The summed E-state index contributed by atoms with van der Waals surface area (Å²) in [5.41, 5.74) is 0.369. The highest BCUT2D eigenvalue weighted by Crippen LogP contribution is 2.15. The third-order valence-electron chi connectivity index (χ3n) is 4.07. The number of nitrogens with zero attached hydrogens (tertiary/aromatic N) is 6. The maximum Gasteiger partial charge on any atom is 0.222 e. The number of carbonyl (C=O) groups is 1. The summed E-state index contributed by atoms with van der Waals surface area (Å²) in [7, 11) is 0. The van der Waals surface area contributed by atoms with Gasteiger partial charge in [0.1, 0.15) is 0 Å². The fourth-order valence-corrected chi connectivity index (χ4v) is 2.70. The molecule has 3 rings (SSSR count). The van der Waals surface area contributed by atoms with Gasteiger partial charge in [-0.1, -0.05) is 6.92 Å². The average molecular weight is 336 g/mol. The summed E-state index contributed by atoms with van der Waals surface area (Å²) in [6.07, 6.45) is 0.508. The van der Waals surface area contributed by atoms with Crippen molar-refractivity contribution in [1.29, 1.82) is 0 Å². The van der Waals surface area contributed by atoms with Crippen molar-refractivity contribution in [3.05, 3.63) is 35.7 Å². The first-order valence-electron chi connectivity index (χ1n) is 7.81. The Balaban J connectivity index is 1.68. The highest BCUT2D eigenvalue weighted by molar-refractivity contribution is 5.75. The van der Waals surface area contributed by atoms with Gasteiger partial charge >= 0.3 is 0 Å². The maximum atomic E-state index is 13.4. The highest BCUT2D eigenvalue weighted by Gasteiger charge is 2.22. The van der Waals surface area contributed by atoms with Gasteiger partial charge in [0, 0.05) is 38.7 Å². The Morgan fingerprint density at radius 2 is 1.92 bits per heavy atom. The third kappa shape index (κ3) is 3.40. The second-order valence-electron chi connectivity index (χ2n) is 5.62. The van der Waals surface area contributed by atoms with E-state index in [1.807, 2.05) is 11.8 Å². The minimum atomic E-state index is -0.944. The van der Waals surface area contributed by atoms with Crippen LogP contribution in [0.15, 0.2) is 18.2 Å². The summed E-state index contributed by atoms with van der Waals surface area (Å²) in [6, 6.07) is 3.54. The molecule has 1 fully saturated rings. The van der Waals surface area contributed by atoms with Crippen LogP contribution in [0.1, 0.15) is 19.2 Å². The molecule has 1 aliphatic rings. The first-order chi connectivity index (χ1) is 11.6. The fourth-order valence-electron chi connectivity index (χ4n) is 2.70. The molecule has 1 aromatic heterocycles. The smallest absolute Gasteiger partial charge is 0.222 e. The number of hydrogen-bond donors (Lipinski definition) is 0. The molecule has 0 N–H and O–H groups in total. The summed E-state index contributed by atoms with van der Waals surface area (Å²) in [4.78, 5) is 15.7. The Bertz CT molecular complexity index is 727. The van der Waals surface area contributed by atoms with E-state index in [1.54, 1.807) is 0 Å². The first-order valence-corrected chi connectivity index (χ1v) is 7.81. The van der Waals surface area contributed by atoms with Crippen molar-refractivity contribution in [2.45, 2.75) is 19.9 Å². The summed E-state index contributed by atoms with van der Waals surface area (Å²) in [5.74, 6) is -1.16. The molecule has 0 atom stereocenters. The number of amides is 1. The topological polar surface area (TPSA) is 67.2 Å². The van der Waals surface area contributed by atoms with Crippen LogP contribution in [-0.2, 0) is 11.3 Å². The minimum Gasteiger partial charge on any atom is -0.340 e. The van der Waals surface area contributed by atoms with E-state index in [9.17, 15) is 13.6 Å². The van der Waals surface area contributed by atoms with Crippen LogP contribution in [0, 0.1) is 11.6 Å². The van der Waals surface area contributed by atoms with Crippen molar-refractivity contribution in [3.63, 3.8) is 0 Å². The molecule has 2 heterocycles. The molecule has 0 unspecified atom stereocenters. The molecule has 0 aliphatic carbocycles. The molecular weight excluding hydrogens is 318 g/mol. The van der Waals surface area contributed by atoms with Gasteiger partial charge in [0.05, 0.1) is 12.2 Å². The number of tetrazole rings is 1. The predicted molar refractivity (Wildman–Crippen MR) is 81.2 cm³/mol. The van der Waals surface area contributed by atoms with Gasteiger partial charge in [-0.05, 0) is 22.6 Å². The minimum absolute atomic E-state index is 0.154. The highest BCUT2D eigenvalue weighted by atomic mass is 19.2. The molecule has 128 valence electrons. The summed E-state index contributed by atoms with van der Waals surface area (Å²) >= 11 is 0. The van der Waals surface area contributed by atoms with Crippen LogP contribution in [-0.4, -0.2) is 62.1 Å². The quantitative estimate of drug-likeness (QED) is 0.833. The van der Waals surface area contributed by atoms with Gasteiger partial charge in [0.25, 0.3) is 0 Å². The van der Waals surface area contributed by atoms with Crippen molar-refractivity contribution in [2.24, 2.45) is 0 Å². The SMILES string of the molecule is CCC(=O)N1CCN(Cc2nnnn2-c2ccc(F)c(F)c2)CC1. The number of rotatable bonds is 4. The molecule has 9 heteroatoms. The number of hydrogen-bond acceptors (Lipinski definition) is 5. The zero-order valence-electron chi connectivity index (χ0n) is 13.3. The second kappa shape index (κ2) is 7.00. The standard InChI is InChI=1S/C15H18F2N6O/c1-2-15(24)22-7-5-21(6-8-22)10-14-18-19-20-23(14)11-3-4-12(16)13(17)9-11/h3-4,9H,2,5-8,10H2,1H3. The summed E-state index contributed by atoms with van der Waals surface area (Å²) < 4.78 is 27.9. The lowest BCUT2D eigenvalue weighted by molar-refractivity contribution is -0.132. The lowest BCUT2D eigenvalue weighted by Gasteiger charge is -2.34. The number of benzene rings is 1. The third-order valence-corrected chi connectivity index (χ3v) is 4.07. The molecular formula is C15H18F2N6O. The Morgan fingerprint density at radius 3 is 2.58 bits per heavy atom. The summed E-state index contributed by atoms with van der Waals surface area (Å²) in [6.45, 7) is 5.09. The van der Waals surface area contributed by atoms with Gasteiger partial charge in [0.2, 0.25) is 5.91 Å². The molecule has 2 aromatic rings. The van der Waals surface area contributed by atoms with Crippen molar-refractivity contribution >= 4 is 5.91 Å². The molecule has 1 aliphatic heterocycles. The van der Waals surface area contributed by atoms with Crippen LogP contribution >= 0.6 is 0 Å². The van der Waals surface area contributed by atoms with E-state index in [0.717, 1.165) is 25.2 Å². The normalized spacial score (nSPS) is 15.7. The molecule has 0 spiro atoms. The van der Waals surface area contributed by atoms with Gasteiger partial charge in [-0.25, -0.2) is 8.78 Å². The predicted octanol–water partition coefficient (Wildman–Crippen LogP) is 0.995. The summed E-state index contributed by atoms with van der Waals surface area (Å²) in [5, 5.41) is 11.5. The number of aromatic nitrogens is 4. The van der Waals surface area contributed by atoms with Gasteiger partial charge < -0.3 is 4.90 Å². The van der Waals surface area contributed by atoms with E-state index in [0.29, 0.717) is 37.6 Å². The van der Waals surface area contributed by atoms with Crippen molar-refractivity contribution < 1.29 is 13.6 Å². The van der Waals surface area contributed by atoms with Crippen LogP contribution in [0.3, 0.4) is 0 Å². The molecule has 24 heavy (non-hydrogen) atoms. The van der Waals surface area contributed by atoms with Crippen LogP contribution in [0.5, 0.6) is 0 Å². The molecule has 0 bridgehead atoms. The molecule has 0 radical (unpaired) electrons. The number of halogens is 2. The first kappa shape index (κ1) is 16.4. The van der Waals surface area contributed by atoms with Gasteiger partial charge in [-0.2, -0.15) is 4.68 Å². The van der Waals surface area contributed by atoms with Crippen LogP contribution in [0.25, 0.3) is 5.69 Å². The van der Waals surface area contributed by atoms with E-state index in [4.69, 9.17) is 0 Å². The van der Waals surface area contributed by atoms with Crippen molar-refractivity contribution in [2.75, 3.05) is 26.2 Å². The van der Waals surface area contributed by atoms with E-state index >= 15 is 0 Å². The van der Waals surface area contributed by atoms with Gasteiger partial charge in [-0.15, -0.1) is 5.10 Å². The number of piperazine rings is 1. The molecule has 1 aromatic carbocycles. The van der Waals surface area contributed by atoms with Gasteiger partial charge in [0.15, 0.2) is 17.5 Å². The largest absolute Gasteiger partial charge is 0.340 e. The lowest BCUT2D eigenvalue weighted by Crippen LogP contribution is -2.48. The lowest BCUT2D eigenvalue weighted by atomic mass is 10.2. The van der Waals surface area contributed by atoms with Gasteiger partial charge in [-0.3, -0.25) is 9.69 Å². The molecule has 1 saturated heterocycles. The zero-order chi connectivity index (χ0) is 17.1. The fraction of sp³-hybridized carbons (Fsp3) is 0.467. The van der Waals surface area contributed by atoms with Crippen LogP contribution in [0.4, 0.5) is 8.78 Å². The zero-order valence-corrected chi connectivity index (χ0v) is 13.3. The van der Waals surface area contributed by atoms with E-state index in [-0.39, 0.29) is 5.91 Å². The Hall–Kier alpha value is -2.42. The van der Waals surface area contributed by atoms with Crippen molar-refractivity contribution in [1.82, 2.24) is 30.0 Å². The van der Waals surface area contributed by atoms with E-state index in [1.165, 1.54) is 10.7 Å². The maximum absolute atomic E-state index is 13.4. The Kier molecular flexibility index (Phi) is 4.79. The number of carbonyl (C=O) groups excluding carboxylic acids is 1. The van der Waals surface area contributed by atoms with Crippen LogP contribution in [0.2, 0.25) is 0 Å². The van der Waals surface area contributed by atoms with Crippen LogP contribution < -0.4 is 0 Å². The molecule has 1 amide bonds. The molecule has 7 nitrogen and oxygen atoms in total. The van der Waals surface area contributed by atoms with Crippen molar-refractivity contribution in [3.8, 4) is 5.69 Å². The average Bonchev–Trinajstić information content (AvgIpc) is 3.05.